The first kappa shape index (κ1) is 12.5. The zero-order valence-corrected chi connectivity index (χ0v) is 9.99. The van der Waals surface area contributed by atoms with Gasteiger partial charge in [-0.2, -0.15) is 0 Å². The highest BCUT2D eigenvalue weighted by atomic mass is 16.5. The molecule has 0 amide bonds. The van der Waals surface area contributed by atoms with E-state index in [0.29, 0.717) is 23.7 Å². The second-order valence-electron chi connectivity index (χ2n) is 3.36. The summed E-state index contributed by atoms with van der Waals surface area (Å²) in [5, 5.41) is 0. The molecule has 0 spiro atoms. The quantitative estimate of drug-likeness (QED) is 0.718. The maximum Gasteiger partial charge on any atom is 0.166 e. The van der Waals surface area contributed by atoms with E-state index in [0.717, 1.165) is 5.56 Å². The van der Waals surface area contributed by atoms with Crippen LogP contribution in [0.3, 0.4) is 0 Å². The summed E-state index contributed by atoms with van der Waals surface area (Å²) in [5.41, 5.74) is 1.39. The van der Waals surface area contributed by atoms with Crippen LogP contribution in [0.4, 0.5) is 0 Å². The van der Waals surface area contributed by atoms with Crippen molar-refractivity contribution in [1.29, 1.82) is 0 Å². The summed E-state index contributed by atoms with van der Waals surface area (Å²) in [6.07, 6.45) is 0. The van der Waals surface area contributed by atoms with E-state index in [2.05, 4.69) is 0 Å². The molecule has 0 aliphatic heterocycles. The molecule has 0 radical (unpaired) electrons. The first-order valence-electron chi connectivity index (χ1n) is 4.88. The fraction of sp³-hybridized carbons (Fsp3) is 0.417. The monoisotopic (exact) mass is 224 g/mol. The molecule has 1 rings (SSSR count). The van der Waals surface area contributed by atoms with Gasteiger partial charge in [-0.15, -0.1) is 0 Å². The van der Waals surface area contributed by atoms with Gasteiger partial charge < -0.3 is 14.2 Å². The summed E-state index contributed by atoms with van der Waals surface area (Å²) < 4.78 is 15.5. The highest BCUT2D eigenvalue weighted by molar-refractivity contribution is 5.95. The molecule has 0 fully saturated rings. The highest BCUT2D eigenvalue weighted by Gasteiger charge is 2.13. The molecule has 0 heterocycles. The van der Waals surface area contributed by atoms with E-state index in [1.165, 1.54) is 6.92 Å². The molecule has 0 saturated carbocycles. The van der Waals surface area contributed by atoms with Gasteiger partial charge in [-0.1, -0.05) is 0 Å². The number of carbonyl (C=O) groups excluding carboxylic acids is 1. The summed E-state index contributed by atoms with van der Waals surface area (Å²) in [7, 11) is 4.69. The molecule has 4 heteroatoms. The van der Waals surface area contributed by atoms with Gasteiger partial charge in [0.2, 0.25) is 0 Å². The van der Waals surface area contributed by atoms with E-state index < -0.39 is 0 Å². The fourth-order valence-corrected chi connectivity index (χ4v) is 1.51. The van der Waals surface area contributed by atoms with Crippen LogP contribution in [0.15, 0.2) is 12.1 Å². The Balaban J connectivity index is 3.31. The standard InChI is InChI=1S/C12H16O4/c1-8(13)9-5-10(7-14-2)12(16-4)11(6-9)15-3/h5-6H,7H2,1-4H3. The largest absolute Gasteiger partial charge is 0.493 e. The molecule has 1 aromatic carbocycles. The van der Waals surface area contributed by atoms with Crippen molar-refractivity contribution in [2.24, 2.45) is 0 Å². The molecule has 0 aromatic heterocycles. The van der Waals surface area contributed by atoms with E-state index >= 15 is 0 Å². The minimum Gasteiger partial charge on any atom is -0.493 e. The fourth-order valence-electron chi connectivity index (χ4n) is 1.51. The Morgan fingerprint density at radius 1 is 1.19 bits per heavy atom. The van der Waals surface area contributed by atoms with Gasteiger partial charge in [0, 0.05) is 18.2 Å². The lowest BCUT2D eigenvalue weighted by atomic mass is 10.1. The van der Waals surface area contributed by atoms with Gasteiger partial charge in [-0.05, 0) is 19.1 Å². The van der Waals surface area contributed by atoms with E-state index in [1.807, 2.05) is 0 Å². The average molecular weight is 224 g/mol. The topological polar surface area (TPSA) is 44.8 Å². The molecule has 0 bridgehead atoms. The van der Waals surface area contributed by atoms with Gasteiger partial charge in [0.05, 0.1) is 20.8 Å². The highest BCUT2D eigenvalue weighted by Crippen LogP contribution is 2.33. The number of ketones is 1. The van der Waals surface area contributed by atoms with E-state index in [-0.39, 0.29) is 5.78 Å². The number of Topliss-reactive ketones (excluding diaryl/α,β-unsaturated/α-hetero) is 1. The van der Waals surface area contributed by atoms with E-state index in [1.54, 1.807) is 33.5 Å². The van der Waals surface area contributed by atoms with Gasteiger partial charge in [0.25, 0.3) is 0 Å². The van der Waals surface area contributed by atoms with Crippen molar-refractivity contribution in [3.8, 4) is 11.5 Å². The molecule has 0 unspecified atom stereocenters. The van der Waals surface area contributed by atoms with Crippen LogP contribution in [0.25, 0.3) is 0 Å². The lowest BCUT2D eigenvalue weighted by Gasteiger charge is -2.13. The summed E-state index contributed by atoms with van der Waals surface area (Å²) in [5.74, 6) is 1.13. The van der Waals surface area contributed by atoms with Crippen LogP contribution < -0.4 is 9.47 Å². The Morgan fingerprint density at radius 3 is 2.31 bits per heavy atom. The third-order valence-corrected chi connectivity index (χ3v) is 2.26. The molecular weight excluding hydrogens is 208 g/mol. The van der Waals surface area contributed by atoms with Crippen molar-refractivity contribution in [1.82, 2.24) is 0 Å². The van der Waals surface area contributed by atoms with Crippen LogP contribution in [-0.2, 0) is 11.3 Å². The maximum atomic E-state index is 11.3. The lowest BCUT2D eigenvalue weighted by molar-refractivity contribution is 0.101. The van der Waals surface area contributed by atoms with Gasteiger partial charge in [0.1, 0.15) is 0 Å². The van der Waals surface area contributed by atoms with Crippen LogP contribution in [-0.4, -0.2) is 27.1 Å². The Morgan fingerprint density at radius 2 is 1.88 bits per heavy atom. The predicted octanol–water partition coefficient (Wildman–Crippen LogP) is 2.05. The van der Waals surface area contributed by atoms with Gasteiger partial charge in [-0.3, -0.25) is 4.79 Å². The number of hydrogen-bond acceptors (Lipinski definition) is 4. The number of ether oxygens (including phenoxy) is 3. The molecule has 0 N–H and O–H groups in total. The van der Waals surface area contributed by atoms with E-state index in [4.69, 9.17) is 14.2 Å². The van der Waals surface area contributed by atoms with Crippen LogP contribution in [0.5, 0.6) is 11.5 Å². The Bertz CT molecular complexity index is 385. The van der Waals surface area contributed by atoms with Crippen molar-refractivity contribution >= 4 is 5.78 Å². The van der Waals surface area contributed by atoms with Gasteiger partial charge in [0.15, 0.2) is 17.3 Å². The van der Waals surface area contributed by atoms with E-state index in [9.17, 15) is 4.79 Å². The van der Waals surface area contributed by atoms with Crippen LogP contribution >= 0.6 is 0 Å². The summed E-state index contributed by atoms with van der Waals surface area (Å²) in [6, 6.07) is 3.42. The molecule has 0 saturated heterocycles. The molecule has 0 aliphatic rings. The first-order chi connectivity index (χ1) is 7.63. The number of hydrogen-bond donors (Lipinski definition) is 0. The molecule has 1 aromatic rings. The lowest BCUT2D eigenvalue weighted by Crippen LogP contribution is -2.02. The third-order valence-electron chi connectivity index (χ3n) is 2.26. The van der Waals surface area contributed by atoms with Crippen LogP contribution in [0, 0.1) is 0 Å². The molecular formula is C12H16O4. The molecule has 16 heavy (non-hydrogen) atoms. The predicted molar refractivity (Wildman–Crippen MR) is 60.3 cm³/mol. The number of methoxy groups -OCH3 is 3. The third kappa shape index (κ3) is 2.52. The Labute approximate surface area is 95.1 Å². The molecule has 0 atom stereocenters. The smallest absolute Gasteiger partial charge is 0.166 e. The molecule has 4 nitrogen and oxygen atoms in total. The molecule has 0 aliphatic carbocycles. The Kier molecular flexibility index (Phi) is 4.31. The maximum absolute atomic E-state index is 11.3. The average Bonchev–Trinajstić information content (AvgIpc) is 2.28. The summed E-state index contributed by atoms with van der Waals surface area (Å²) in [4.78, 5) is 11.3. The minimum absolute atomic E-state index is 0.0155. The van der Waals surface area contributed by atoms with Crippen molar-refractivity contribution in [2.45, 2.75) is 13.5 Å². The SMILES string of the molecule is COCc1cc(C(C)=O)cc(OC)c1OC. The summed E-state index contributed by atoms with van der Waals surface area (Å²) >= 11 is 0. The Hall–Kier alpha value is -1.55. The zero-order chi connectivity index (χ0) is 12.1. The number of carbonyl (C=O) groups is 1. The first-order valence-corrected chi connectivity index (χ1v) is 4.88. The zero-order valence-electron chi connectivity index (χ0n) is 9.99. The van der Waals surface area contributed by atoms with Crippen molar-refractivity contribution in [3.05, 3.63) is 23.3 Å². The molecule has 88 valence electrons. The number of benzene rings is 1. The summed E-state index contributed by atoms with van der Waals surface area (Å²) in [6.45, 7) is 1.89. The second kappa shape index (κ2) is 5.51. The van der Waals surface area contributed by atoms with Crippen LogP contribution in [0.2, 0.25) is 0 Å². The van der Waals surface area contributed by atoms with Crippen LogP contribution in [0.1, 0.15) is 22.8 Å². The van der Waals surface area contributed by atoms with Crippen molar-refractivity contribution in [2.75, 3.05) is 21.3 Å². The van der Waals surface area contributed by atoms with Crippen molar-refractivity contribution < 1.29 is 19.0 Å². The number of rotatable bonds is 5. The second-order valence-corrected chi connectivity index (χ2v) is 3.36. The van der Waals surface area contributed by atoms with Crippen molar-refractivity contribution in [3.63, 3.8) is 0 Å². The van der Waals surface area contributed by atoms with Gasteiger partial charge in [-0.25, -0.2) is 0 Å². The minimum atomic E-state index is -0.0155. The normalized spacial score (nSPS) is 10.0. The van der Waals surface area contributed by atoms with Gasteiger partial charge >= 0.3 is 0 Å².